The van der Waals surface area contributed by atoms with Crippen molar-refractivity contribution >= 4 is 38.4 Å². The molecule has 2 atom stereocenters. The monoisotopic (exact) mass is 964 g/mol. The van der Waals surface area contributed by atoms with Gasteiger partial charge in [0, 0.05) is 80.6 Å². The molecule has 0 radical (unpaired) electrons. The second-order valence-electron chi connectivity index (χ2n) is 18.1. The molecule has 0 aliphatic rings. The number of hydrogen-bond acceptors (Lipinski definition) is 11. The first-order valence-corrected chi connectivity index (χ1v) is 22.8. The Kier molecular flexibility index (Phi) is 12.5. The predicted molar refractivity (Wildman–Crippen MR) is 266 cm³/mol. The van der Waals surface area contributed by atoms with Crippen molar-refractivity contribution < 1.29 is 52.9 Å². The highest BCUT2D eigenvalue weighted by molar-refractivity contribution is 5.99. The summed E-state index contributed by atoms with van der Waals surface area (Å²) in [5, 5.41) is 73.1. The van der Waals surface area contributed by atoms with Gasteiger partial charge in [0.05, 0.1) is 23.2 Å². The van der Waals surface area contributed by atoms with Gasteiger partial charge in [0.25, 0.3) is 0 Å². The molecular formula is C56H48F4N4O7. The molecule has 0 bridgehead atoms. The van der Waals surface area contributed by atoms with E-state index in [4.69, 9.17) is 4.74 Å². The van der Waals surface area contributed by atoms with Gasteiger partial charge in [0.2, 0.25) is 0 Å². The van der Waals surface area contributed by atoms with Crippen LogP contribution in [0.2, 0.25) is 0 Å². The number of rotatable bonds is 12. The fourth-order valence-electron chi connectivity index (χ4n) is 9.60. The van der Waals surface area contributed by atoms with Crippen LogP contribution in [0.3, 0.4) is 0 Å². The molecule has 2 unspecified atom stereocenters. The lowest BCUT2D eigenvalue weighted by Gasteiger charge is -2.22. The fourth-order valence-corrected chi connectivity index (χ4v) is 9.60. The number of aromatic hydroxyl groups is 6. The first-order valence-electron chi connectivity index (χ1n) is 22.8. The highest BCUT2D eigenvalue weighted by atomic mass is 19.4. The van der Waals surface area contributed by atoms with E-state index in [-0.39, 0.29) is 75.1 Å². The van der Waals surface area contributed by atoms with E-state index in [0.717, 1.165) is 39.8 Å². The van der Waals surface area contributed by atoms with E-state index >= 15 is 0 Å². The maximum atomic E-state index is 14.7. The standard InChI is InChI=1S/C56H48F4N4O7/c1-27(2)51-44(66)19-31(30-8-12-42-39(18-30)41(61-5)14-16-62-42)24-49(51)71-26-29(4)53-47(69)22-33(23-48(53)70)37-25-43(65)38(35-7-6-15-63-54(35)37)17-28(3)52-45(67)20-32(21-46(52)68)34-9-11-40(57)36-10-13-50(56(58,59)60)64-55(34)36/h6-16,18-25,27-29,65-70H,17,26H2,1-5H3,(H,61,62). The van der Waals surface area contributed by atoms with Crippen LogP contribution >= 0.6 is 0 Å². The molecule has 0 saturated heterocycles. The molecule has 9 aromatic rings. The van der Waals surface area contributed by atoms with Crippen molar-refractivity contribution in [2.24, 2.45) is 0 Å². The van der Waals surface area contributed by atoms with Crippen LogP contribution in [-0.2, 0) is 12.6 Å². The number of ether oxygens (including phenoxy) is 1. The molecule has 0 spiro atoms. The van der Waals surface area contributed by atoms with Crippen LogP contribution in [0, 0.1) is 5.82 Å². The minimum atomic E-state index is -4.80. The van der Waals surface area contributed by atoms with Crippen molar-refractivity contribution in [3.05, 3.63) is 149 Å². The molecule has 15 heteroatoms. The lowest BCUT2D eigenvalue weighted by Crippen LogP contribution is -2.10. The Labute approximate surface area is 405 Å². The third kappa shape index (κ3) is 8.95. The molecule has 0 aliphatic carbocycles. The molecule has 0 saturated carbocycles. The summed E-state index contributed by atoms with van der Waals surface area (Å²) in [7, 11) is 1.84. The zero-order chi connectivity index (χ0) is 50.6. The van der Waals surface area contributed by atoms with Crippen molar-refractivity contribution in [2.75, 3.05) is 19.0 Å². The second kappa shape index (κ2) is 18.5. The van der Waals surface area contributed by atoms with E-state index in [1.165, 1.54) is 36.4 Å². The van der Waals surface area contributed by atoms with Crippen LogP contribution in [0.5, 0.6) is 40.2 Å². The molecule has 6 aromatic carbocycles. The fraction of sp³-hybridized carbons (Fsp3) is 0.196. The quantitative estimate of drug-likeness (QED) is 0.0579. The zero-order valence-corrected chi connectivity index (χ0v) is 39.1. The minimum Gasteiger partial charge on any atom is -0.508 e. The Morgan fingerprint density at radius 2 is 1.23 bits per heavy atom. The molecule has 71 heavy (non-hydrogen) atoms. The Hall–Kier alpha value is -8.33. The first kappa shape index (κ1) is 47.7. The van der Waals surface area contributed by atoms with Crippen LogP contribution in [0.4, 0.5) is 23.2 Å². The van der Waals surface area contributed by atoms with E-state index in [1.807, 2.05) is 51.2 Å². The molecular weight excluding hydrogens is 917 g/mol. The number of fused-ring (bicyclic) bond motifs is 3. The topological polar surface area (TPSA) is 181 Å². The average Bonchev–Trinajstić information content (AvgIpc) is 3.32. The molecule has 362 valence electrons. The minimum absolute atomic E-state index is 0.0176. The molecule has 0 amide bonds. The number of nitrogens with one attached hydrogen (secondary N) is 1. The summed E-state index contributed by atoms with van der Waals surface area (Å²) in [5.74, 6) is -3.03. The number of anilines is 1. The Bertz CT molecular complexity index is 3520. The maximum absolute atomic E-state index is 14.7. The van der Waals surface area contributed by atoms with Crippen molar-refractivity contribution in [3.8, 4) is 73.6 Å². The Morgan fingerprint density at radius 1 is 0.577 bits per heavy atom. The number of pyridine rings is 3. The van der Waals surface area contributed by atoms with E-state index in [1.54, 1.807) is 44.4 Å². The number of phenolic OH excluding ortho intramolecular Hbond substituents is 6. The lowest BCUT2D eigenvalue weighted by atomic mass is 9.87. The van der Waals surface area contributed by atoms with Gasteiger partial charge in [-0.25, -0.2) is 9.37 Å². The second-order valence-corrected chi connectivity index (χ2v) is 18.1. The van der Waals surface area contributed by atoms with Gasteiger partial charge in [-0.05, 0) is 132 Å². The number of nitrogens with zero attached hydrogens (tertiary/aromatic N) is 3. The third-order valence-electron chi connectivity index (χ3n) is 13.0. The largest absolute Gasteiger partial charge is 0.508 e. The van der Waals surface area contributed by atoms with Gasteiger partial charge in [-0.3, -0.25) is 9.97 Å². The summed E-state index contributed by atoms with van der Waals surface area (Å²) >= 11 is 0. The van der Waals surface area contributed by atoms with Crippen LogP contribution in [0.25, 0.3) is 66.1 Å². The van der Waals surface area contributed by atoms with Crippen LogP contribution in [0.15, 0.2) is 116 Å². The van der Waals surface area contributed by atoms with Crippen LogP contribution < -0.4 is 10.1 Å². The SMILES string of the molecule is CNc1ccnc2ccc(-c3cc(O)c(C(C)C)c(OCC(C)c4c(O)cc(-c5cc(O)c(CC(C)c6c(O)cc(-c7ccc(F)c8ccc(C(F)(F)F)nc78)cc6O)c6cccnc56)cc4O)c3)cc12. The van der Waals surface area contributed by atoms with E-state index in [9.17, 15) is 48.2 Å². The highest BCUT2D eigenvalue weighted by Crippen LogP contribution is 2.47. The van der Waals surface area contributed by atoms with Gasteiger partial charge in [-0.15, -0.1) is 0 Å². The summed E-state index contributed by atoms with van der Waals surface area (Å²) in [5.41, 5.74) is 4.36. The van der Waals surface area contributed by atoms with Gasteiger partial charge in [-0.2, -0.15) is 13.2 Å². The Morgan fingerprint density at radius 3 is 1.89 bits per heavy atom. The summed E-state index contributed by atoms with van der Waals surface area (Å²) < 4.78 is 61.9. The van der Waals surface area contributed by atoms with Crippen molar-refractivity contribution in [1.29, 1.82) is 0 Å². The van der Waals surface area contributed by atoms with Crippen molar-refractivity contribution in [2.45, 2.75) is 58.0 Å². The number of benzene rings is 6. The van der Waals surface area contributed by atoms with Gasteiger partial charge in [-0.1, -0.05) is 39.8 Å². The third-order valence-corrected chi connectivity index (χ3v) is 13.0. The van der Waals surface area contributed by atoms with E-state index < -0.39 is 41.0 Å². The number of phenols is 6. The lowest BCUT2D eigenvalue weighted by molar-refractivity contribution is -0.140. The van der Waals surface area contributed by atoms with Crippen LogP contribution in [-0.4, -0.2) is 59.2 Å². The zero-order valence-electron chi connectivity index (χ0n) is 39.1. The summed E-state index contributed by atoms with van der Waals surface area (Å²) in [6.45, 7) is 7.41. The molecule has 11 nitrogen and oxygen atoms in total. The smallest absolute Gasteiger partial charge is 0.433 e. The van der Waals surface area contributed by atoms with Crippen molar-refractivity contribution in [1.82, 2.24) is 15.0 Å². The van der Waals surface area contributed by atoms with E-state index in [2.05, 4.69) is 20.3 Å². The number of alkyl halides is 3. The predicted octanol–water partition coefficient (Wildman–Crippen LogP) is 13.4. The summed E-state index contributed by atoms with van der Waals surface area (Å²) in [6, 6.07) is 25.6. The molecule has 3 aromatic heterocycles. The van der Waals surface area contributed by atoms with Crippen LogP contribution in [0.1, 0.15) is 73.4 Å². The first-order chi connectivity index (χ1) is 33.8. The normalized spacial score (nSPS) is 12.8. The molecule has 7 N–H and O–H groups in total. The number of halogens is 4. The summed E-state index contributed by atoms with van der Waals surface area (Å²) in [4.78, 5) is 12.8. The van der Waals surface area contributed by atoms with Gasteiger partial charge >= 0.3 is 6.18 Å². The summed E-state index contributed by atoms with van der Waals surface area (Å²) in [6.07, 6.45) is -1.45. The molecule has 0 fully saturated rings. The van der Waals surface area contributed by atoms with E-state index in [0.29, 0.717) is 45.0 Å². The van der Waals surface area contributed by atoms with Crippen molar-refractivity contribution in [3.63, 3.8) is 0 Å². The van der Waals surface area contributed by atoms with Gasteiger partial charge in [0.15, 0.2) is 0 Å². The molecule has 0 aliphatic heterocycles. The Balaban J connectivity index is 0.984. The number of aromatic nitrogens is 3. The average molecular weight is 965 g/mol. The molecule has 9 rings (SSSR count). The maximum Gasteiger partial charge on any atom is 0.433 e. The number of hydrogen-bond donors (Lipinski definition) is 7. The van der Waals surface area contributed by atoms with Gasteiger partial charge < -0.3 is 40.7 Å². The highest BCUT2D eigenvalue weighted by Gasteiger charge is 2.33. The van der Waals surface area contributed by atoms with Gasteiger partial charge in [0.1, 0.15) is 51.8 Å². The molecule has 3 heterocycles.